The summed E-state index contributed by atoms with van der Waals surface area (Å²) in [5, 5.41) is 0. The minimum absolute atomic E-state index is 0.872. The van der Waals surface area contributed by atoms with Gasteiger partial charge in [0.05, 0.1) is 0 Å². The molecule has 108 valence electrons. The molecular weight excluding hydrogens is 216 g/mol. The third kappa shape index (κ3) is 4.59. The van der Waals surface area contributed by atoms with Gasteiger partial charge in [0.1, 0.15) is 0 Å². The molecule has 5 atom stereocenters. The van der Waals surface area contributed by atoms with Gasteiger partial charge in [0.15, 0.2) is 0 Å². The van der Waals surface area contributed by atoms with Gasteiger partial charge in [0.25, 0.3) is 0 Å². The molecule has 1 aliphatic rings. The van der Waals surface area contributed by atoms with Gasteiger partial charge in [-0.15, -0.1) is 0 Å². The Labute approximate surface area is 116 Å². The van der Waals surface area contributed by atoms with Gasteiger partial charge in [0, 0.05) is 0 Å². The standard InChI is InChI=1S/C18H36/c1-7-9-17(15(6)18-12-14(18)5)16(8-2)11-10-13(3)4/h13-18H,7-12H2,1-6H3. The van der Waals surface area contributed by atoms with Crippen molar-refractivity contribution in [1.82, 2.24) is 0 Å². The summed E-state index contributed by atoms with van der Waals surface area (Å²) in [4.78, 5) is 0. The van der Waals surface area contributed by atoms with Crippen LogP contribution in [0.2, 0.25) is 0 Å². The van der Waals surface area contributed by atoms with Gasteiger partial charge < -0.3 is 0 Å². The lowest BCUT2D eigenvalue weighted by Gasteiger charge is -2.32. The maximum absolute atomic E-state index is 2.55. The normalized spacial score (nSPS) is 28.2. The molecule has 0 spiro atoms. The molecule has 0 aromatic rings. The third-order valence-corrected chi connectivity index (χ3v) is 5.39. The molecule has 0 amide bonds. The summed E-state index contributed by atoms with van der Waals surface area (Å²) in [5.74, 6) is 5.88. The van der Waals surface area contributed by atoms with E-state index >= 15 is 0 Å². The van der Waals surface area contributed by atoms with Crippen LogP contribution >= 0.6 is 0 Å². The summed E-state index contributed by atoms with van der Waals surface area (Å²) >= 11 is 0. The lowest BCUT2D eigenvalue weighted by atomic mass is 9.73. The van der Waals surface area contributed by atoms with Crippen LogP contribution in [0.3, 0.4) is 0 Å². The molecule has 18 heavy (non-hydrogen) atoms. The van der Waals surface area contributed by atoms with Gasteiger partial charge in [-0.2, -0.15) is 0 Å². The van der Waals surface area contributed by atoms with Crippen molar-refractivity contribution in [1.29, 1.82) is 0 Å². The number of hydrogen-bond acceptors (Lipinski definition) is 0. The van der Waals surface area contributed by atoms with Crippen molar-refractivity contribution in [3.63, 3.8) is 0 Å². The first-order chi connectivity index (χ1) is 8.51. The Bertz CT molecular complexity index is 218. The van der Waals surface area contributed by atoms with E-state index in [2.05, 4.69) is 41.5 Å². The van der Waals surface area contributed by atoms with Crippen LogP contribution in [0.25, 0.3) is 0 Å². The molecule has 0 bridgehead atoms. The van der Waals surface area contributed by atoms with Crippen molar-refractivity contribution < 1.29 is 0 Å². The lowest BCUT2D eigenvalue weighted by molar-refractivity contribution is 0.176. The van der Waals surface area contributed by atoms with Gasteiger partial charge >= 0.3 is 0 Å². The average molecular weight is 252 g/mol. The van der Waals surface area contributed by atoms with E-state index in [9.17, 15) is 0 Å². The lowest BCUT2D eigenvalue weighted by Crippen LogP contribution is -2.24. The predicted molar refractivity (Wildman–Crippen MR) is 82.7 cm³/mol. The SMILES string of the molecule is CCCC(C(CC)CCC(C)C)C(C)C1CC1C. The van der Waals surface area contributed by atoms with Crippen LogP contribution in [0.15, 0.2) is 0 Å². The van der Waals surface area contributed by atoms with E-state index in [0.29, 0.717) is 0 Å². The zero-order valence-corrected chi connectivity index (χ0v) is 13.7. The van der Waals surface area contributed by atoms with Crippen molar-refractivity contribution in [3.05, 3.63) is 0 Å². The Morgan fingerprint density at radius 3 is 2.00 bits per heavy atom. The Hall–Kier alpha value is 0. The summed E-state index contributed by atoms with van der Waals surface area (Å²) < 4.78 is 0. The van der Waals surface area contributed by atoms with Crippen molar-refractivity contribution >= 4 is 0 Å². The smallest absolute Gasteiger partial charge is 0.0357 e. The van der Waals surface area contributed by atoms with E-state index in [1.54, 1.807) is 0 Å². The van der Waals surface area contributed by atoms with Gasteiger partial charge in [-0.05, 0) is 48.3 Å². The monoisotopic (exact) mass is 252 g/mol. The molecule has 1 fully saturated rings. The van der Waals surface area contributed by atoms with E-state index in [1.807, 2.05) is 0 Å². The van der Waals surface area contributed by atoms with Gasteiger partial charge in [-0.25, -0.2) is 0 Å². The van der Waals surface area contributed by atoms with Gasteiger partial charge in [-0.3, -0.25) is 0 Å². The number of rotatable bonds is 9. The zero-order chi connectivity index (χ0) is 13.7. The highest BCUT2D eigenvalue weighted by atomic mass is 14.5. The molecule has 0 heteroatoms. The Kier molecular flexibility index (Phi) is 6.74. The topological polar surface area (TPSA) is 0 Å². The Balaban J connectivity index is 2.55. The van der Waals surface area contributed by atoms with Crippen molar-refractivity contribution in [2.24, 2.45) is 35.5 Å². The van der Waals surface area contributed by atoms with E-state index in [1.165, 1.54) is 38.5 Å². The fraction of sp³-hybridized carbons (Fsp3) is 1.00. The first kappa shape index (κ1) is 16.1. The van der Waals surface area contributed by atoms with Gasteiger partial charge in [-0.1, -0.05) is 67.2 Å². The molecule has 0 nitrogen and oxygen atoms in total. The molecule has 0 aliphatic heterocycles. The fourth-order valence-corrected chi connectivity index (χ4v) is 3.93. The van der Waals surface area contributed by atoms with Crippen LogP contribution in [0, 0.1) is 35.5 Å². The summed E-state index contributed by atoms with van der Waals surface area (Å²) in [6.07, 6.45) is 8.61. The van der Waals surface area contributed by atoms with E-state index in [4.69, 9.17) is 0 Å². The second kappa shape index (κ2) is 7.56. The van der Waals surface area contributed by atoms with Crippen LogP contribution < -0.4 is 0 Å². The predicted octanol–water partition coefficient (Wildman–Crippen LogP) is 6.16. The maximum atomic E-state index is 2.55. The molecule has 0 radical (unpaired) electrons. The van der Waals surface area contributed by atoms with E-state index < -0.39 is 0 Å². The minimum atomic E-state index is 0.872. The highest BCUT2D eigenvalue weighted by Gasteiger charge is 2.41. The summed E-state index contributed by atoms with van der Waals surface area (Å²) in [7, 11) is 0. The second-order valence-corrected chi connectivity index (χ2v) is 7.33. The van der Waals surface area contributed by atoms with Gasteiger partial charge in [0.2, 0.25) is 0 Å². The molecule has 0 saturated heterocycles. The molecule has 0 aromatic heterocycles. The minimum Gasteiger partial charge on any atom is -0.0654 e. The average Bonchev–Trinajstić information content (AvgIpc) is 3.04. The van der Waals surface area contributed by atoms with Crippen molar-refractivity contribution in [2.45, 2.75) is 80.1 Å². The summed E-state index contributed by atoms with van der Waals surface area (Å²) in [6.45, 7) is 14.5. The summed E-state index contributed by atoms with van der Waals surface area (Å²) in [5.41, 5.74) is 0. The highest BCUT2D eigenvalue weighted by Crippen LogP contribution is 2.49. The van der Waals surface area contributed by atoms with Crippen LogP contribution in [0.5, 0.6) is 0 Å². The van der Waals surface area contributed by atoms with Crippen LogP contribution in [-0.4, -0.2) is 0 Å². The maximum Gasteiger partial charge on any atom is -0.0357 e. The zero-order valence-electron chi connectivity index (χ0n) is 13.7. The van der Waals surface area contributed by atoms with Crippen LogP contribution in [0.1, 0.15) is 80.1 Å². The molecule has 0 N–H and O–H groups in total. The largest absolute Gasteiger partial charge is 0.0654 e. The molecule has 1 rings (SSSR count). The molecule has 5 unspecified atom stereocenters. The second-order valence-electron chi connectivity index (χ2n) is 7.33. The Morgan fingerprint density at radius 1 is 1.00 bits per heavy atom. The number of hydrogen-bond donors (Lipinski definition) is 0. The van der Waals surface area contributed by atoms with Crippen LogP contribution in [0.4, 0.5) is 0 Å². The quantitative estimate of drug-likeness (QED) is 0.461. The van der Waals surface area contributed by atoms with Crippen molar-refractivity contribution in [2.75, 3.05) is 0 Å². The molecular formula is C18H36. The first-order valence-corrected chi connectivity index (χ1v) is 8.51. The van der Waals surface area contributed by atoms with E-state index in [-0.39, 0.29) is 0 Å². The first-order valence-electron chi connectivity index (χ1n) is 8.51. The van der Waals surface area contributed by atoms with E-state index in [0.717, 1.165) is 35.5 Å². The molecule has 1 aliphatic carbocycles. The molecule has 0 aromatic carbocycles. The van der Waals surface area contributed by atoms with Crippen LogP contribution in [-0.2, 0) is 0 Å². The molecule has 1 saturated carbocycles. The fourth-order valence-electron chi connectivity index (χ4n) is 3.93. The highest BCUT2D eigenvalue weighted by molar-refractivity contribution is 4.90. The summed E-state index contributed by atoms with van der Waals surface area (Å²) in [6, 6.07) is 0. The molecule has 0 heterocycles. The Morgan fingerprint density at radius 2 is 1.61 bits per heavy atom. The third-order valence-electron chi connectivity index (χ3n) is 5.39. The van der Waals surface area contributed by atoms with Crippen molar-refractivity contribution in [3.8, 4) is 0 Å².